The minimum absolute atomic E-state index is 0.571. The Bertz CT molecular complexity index is 741. The highest BCUT2D eigenvalue weighted by Gasteiger charge is 2.08. The van der Waals surface area contributed by atoms with Gasteiger partial charge in [-0.25, -0.2) is 4.98 Å². The van der Waals surface area contributed by atoms with Crippen molar-refractivity contribution in [1.29, 1.82) is 0 Å². The fourth-order valence-electron chi connectivity index (χ4n) is 2.45. The minimum atomic E-state index is 0.571. The molecule has 3 rings (SSSR count). The third-order valence-electron chi connectivity index (χ3n) is 3.51. The lowest BCUT2D eigenvalue weighted by Crippen LogP contribution is -2.05. The first-order valence-electron chi connectivity index (χ1n) is 6.42. The van der Waals surface area contributed by atoms with Gasteiger partial charge in [-0.2, -0.15) is 0 Å². The van der Waals surface area contributed by atoms with Gasteiger partial charge >= 0.3 is 0 Å². The molecule has 0 unspecified atom stereocenters. The van der Waals surface area contributed by atoms with E-state index in [0.717, 1.165) is 17.6 Å². The number of anilines is 1. The molecule has 96 valence electrons. The van der Waals surface area contributed by atoms with Gasteiger partial charge in [-0.3, -0.25) is 0 Å². The summed E-state index contributed by atoms with van der Waals surface area (Å²) in [5.41, 5.74) is 11.9. The Balaban J connectivity index is 2.08. The van der Waals surface area contributed by atoms with E-state index >= 15 is 0 Å². The van der Waals surface area contributed by atoms with E-state index < -0.39 is 0 Å². The number of nitrogen functional groups attached to an aromatic ring is 1. The van der Waals surface area contributed by atoms with Gasteiger partial charge < -0.3 is 10.3 Å². The van der Waals surface area contributed by atoms with E-state index in [2.05, 4.69) is 47.7 Å². The molecule has 1 heterocycles. The molecule has 0 aliphatic heterocycles. The van der Waals surface area contributed by atoms with E-state index in [9.17, 15) is 0 Å². The van der Waals surface area contributed by atoms with Gasteiger partial charge in [0.05, 0.1) is 17.6 Å². The van der Waals surface area contributed by atoms with Crippen molar-refractivity contribution < 1.29 is 0 Å². The summed E-state index contributed by atoms with van der Waals surface area (Å²) in [7, 11) is 0. The van der Waals surface area contributed by atoms with Crippen LogP contribution in [-0.4, -0.2) is 9.55 Å². The highest BCUT2D eigenvalue weighted by atomic mass is 15.1. The number of aromatic nitrogens is 2. The number of hydrogen-bond donors (Lipinski definition) is 1. The van der Waals surface area contributed by atoms with Crippen molar-refractivity contribution >= 4 is 17.0 Å². The Kier molecular flexibility index (Phi) is 2.75. The number of rotatable bonds is 2. The quantitative estimate of drug-likeness (QED) is 0.759. The predicted octanol–water partition coefficient (Wildman–Crippen LogP) is 3.28. The molecule has 0 aliphatic carbocycles. The summed E-state index contributed by atoms with van der Waals surface area (Å²) < 4.78 is 2.06. The van der Waals surface area contributed by atoms with Crippen molar-refractivity contribution in [3.8, 4) is 0 Å². The molecule has 2 aromatic carbocycles. The fraction of sp³-hybridized carbons (Fsp3) is 0.188. The van der Waals surface area contributed by atoms with Crippen molar-refractivity contribution in [2.45, 2.75) is 20.4 Å². The number of nitrogens with two attached hydrogens (primary N) is 1. The van der Waals surface area contributed by atoms with Gasteiger partial charge in [0.15, 0.2) is 0 Å². The zero-order chi connectivity index (χ0) is 13.4. The molecule has 0 amide bonds. The van der Waals surface area contributed by atoms with Crippen LogP contribution in [0.4, 0.5) is 5.95 Å². The maximum atomic E-state index is 6.03. The Labute approximate surface area is 112 Å². The minimum Gasteiger partial charge on any atom is -0.369 e. The Hall–Kier alpha value is -2.29. The Morgan fingerprint density at radius 3 is 2.68 bits per heavy atom. The second kappa shape index (κ2) is 4.43. The summed E-state index contributed by atoms with van der Waals surface area (Å²) >= 11 is 0. The van der Waals surface area contributed by atoms with Crippen molar-refractivity contribution in [2.24, 2.45) is 0 Å². The van der Waals surface area contributed by atoms with E-state index in [1.807, 2.05) is 18.2 Å². The Morgan fingerprint density at radius 1 is 1.11 bits per heavy atom. The van der Waals surface area contributed by atoms with E-state index in [-0.39, 0.29) is 0 Å². The maximum absolute atomic E-state index is 6.03. The van der Waals surface area contributed by atoms with Crippen LogP contribution >= 0.6 is 0 Å². The van der Waals surface area contributed by atoms with Crippen LogP contribution in [0.15, 0.2) is 42.5 Å². The van der Waals surface area contributed by atoms with Crippen LogP contribution in [0, 0.1) is 13.8 Å². The first-order chi connectivity index (χ1) is 9.15. The topological polar surface area (TPSA) is 43.8 Å². The van der Waals surface area contributed by atoms with Gasteiger partial charge in [0.25, 0.3) is 0 Å². The first-order valence-corrected chi connectivity index (χ1v) is 6.42. The van der Waals surface area contributed by atoms with Crippen LogP contribution in [0.5, 0.6) is 0 Å². The summed E-state index contributed by atoms with van der Waals surface area (Å²) in [5, 5.41) is 0. The van der Waals surface area contributed by atoms with Crippen LogP contribution in [0.3, 0.4) is 0 Å². The molecule has 0 saturated carbocycles. The summed E-state index contributed by atoms with van der Waals surface area (Å²) in [6, 6.07) is 14.5. The summed E-state index contributed by atoms with van der Waals surface area (Å²) in [6.45, 7) is 5.01. The zero-order valence-electron chi connectivity index (χ0n) is 11.2. The van der Waals surface area contributed by atoms with Crippen LogP contribution in [-0.2, 0) is 6.54 Å². The van der Waals surface area contributed by atoms with Gasteiger partial charge in [0.1, 0.15) is 0 Å². The number of imidazole rings is 1. The summed E-state index contributed by atoms with van der Waals surface area (Å²) in [6.07, 6.45) is 0. The normalized spacial score (nSPS) is 11.1. The lowest BCUT2D eigenvalue weighted by molar-refractivity contribution is 0.831. The molecular weight excluding hydrogens is 234 g/mol. The molecule has 0 radical (unpaired) electrons. The number of fused-ring (bicyclic) bond motifs is 1. The van der Waals surface area contributed by atoms with Crippen LogP contribution in [0.25, 0.3) is 11.0 Å². The highest BCUT2D eigenvalue weighted by Crippen LogP contribution is 2.20. The molecule has 3 heteroatoms. The van der Waals surface area contributed by atoms with Crippen molar-refractivity contribution in [3.05, 3.63) is 59.2 Å². The molecule has 2 N–H and O–H groups in total. The average molecular weight is 251 g/mol. The fourth-order valence-corrected chi connectivity index (χ4v) is 2.45. The van der Waals surface area contributed by atoms with Crippen molar-refractivity contribution in [1.82, 2.24) is 9.55 Å². The van der Waals surface area contributed by atoms with Crippen LogP contribution in [0.2, 0.25) is 0 Å². The average Bonchev–Trinajstić information content (AvgIpc) is 2.69. The summed E-state index contributed by atoms with van der Waals surface area (Å²) in [5.74, 6) is 0.571. The first kappa shape index (κ1) is 11.8. The zero-order valence-corrected chi connectivity index (χ0v) is 11.2. The Morgan fingerprint density at radius 2 is 1.89 bits per heavy atom. The number of para-hydroxylation sites is 2. The van der Waals surface area contributed by atoms with Crippen molar-refractivity contribution in [3.63, 3.8) is 0 Å². The highest BCUT2D eigenvalue weighted by molar-refractivity contribution is 5.78. The monoisotopic (exact) mass is 251 g/mol. The maximum Gasteiger partial charge on any atom is 0.201 e. The molecule has 0 atom stereocenters. The molecule has 0 aliphatic rings. The van der Waals surface area contributed by atoms with E-state index in [1.54, 1.807) is 0 Å². The van der Waals surface area contributed by atoms with E-state index in [0.29, 0.717) is 5.95 Å². The second-order valence-electron chi connectivity index (χ2n) is 4.97. The van der Waals surface area contributed by atoms with Crippen LogP contribution in [0.1, 0.15) is 16.7 Å². The molecule has 0 fully saturated rings. The molecule has 19 heavy (non-hydrogen) atoms. The number of nitrogens with zero attached hydrogens (tertiary/aromatic N) is 2. The summed E-state index contributed by atoms with van der Waals surface area (Å²) in [4.78, 5) is 4.40. The van der Waals surface area contributed by atoms with Gasteiger partial charge in [-0.15, -0.1) is 0 Å². The lowest BCUT2D eigenvalue weighted by atomic mass is 10.1. The largest absolute Gasteiger partial charge is 0.369 e. The molecule has 0 spiro atoms. The molecule has 1 aromatic heterocycles. The standard InChI is InChI=1S/C16H17N3/c1-11-7-8-13(12(2)9-11)10-19-15-6-4-3-5-14(15)18-16(19)17/h3-9H,10H2,1-2H3,(H2,17,18). The van der Waals surface area contributed by atoms with Gasteiger partial charge in [0.2, 0.25) is 5.95 Å². The molecule has 0 bridgehead atoms. The molecular formula is C16H17N3. The molecule has 3 aromatic rings. The van der Waals surface area contributed by atoms with Crippen molar-refractivity contribution in [2.75, 3.05) is 5.73 Å². The smallest absolute Gasteiger partial charge is 0.201 e. The third-order valence-corrected chi connectivity index (χ3v) is 3.51. The van der Waals surface area contributed by atoms with Gasteiger partial charge in [-0.1, -0.05) is 35.9 Å². The predicted molar refractivity (Wildman–Crippen MR) is 79.2 cm³/mol. The molecule has 3 nitrogen and oxygen atoms in total. The second-order valence-corrected chi connectivity index (χ2v) is 4.97. The number of benzene rings is 2. The number of aryl methyl sites for hydroxylation is 2. The third kappa shape index (κ3) is 2.08. The molecule has 0 saturated heterocycles. The van der Waals surface area contributed by atoms with E-state index in [1.165, 1.54) is 16.7 Å². The van der Waals surface area contributed by atoms with Gasteiger partial charge in [0, 0.05) is 0 Å². The lowest BCUT2D eigenvalue weighted by Gasteiger charge is -2.10. The van der Waals surface area contributed by atoms with E-state index in [4.69, 9.17) is 5.73 Å². The van der Waals surface area contributed by atoms with Crippen LogP contribution < -0.4 is 5.73 Å². The SMILES string of the molecule is Cc1ccc(Cn2c(N)nc3ccccc32)c(C)c1. The number of hydrogen-bond acceptors (Lipinski definition) is 2. The van der Waals surface area contributed by atoms with Gasteiger partial charge in [-0.05, 0) is 37.1 Å².